The van der Waals surface area contributed by atoms with Crippen LogP contribution in [0.5, 0.6) is 5.75 Å². The fourth-order valence-electron chi connectivity index (χ4n) is 5.30. The number of aryl methyl sites for hydroxylation is 1. The van der Waals surface area contributed by atoms with Crippen molar-refractivity contribution in [1.29, 1.82) is 0 Å². The SMILES string of the molecule is CCCCC(Oc1ccc(C(=O)c2cn(CCCC(=O)OCC)c3ccccc23)cc1)c1ccc(CC(C)C)c(F)c1. The van der Waals surface area contributed by atoms with Crippen LogP contribution in [0, 0.1) is 11.7 Å². The fourth-order valence-corrected chi connectivity index (χ4v) is 5.30. The second-order valence-corrected chi connectivity index (χ2v) is 11.2. The number of rotatable bonds is 15. The molecule has 5 nitrogen and oxygen atoms in total. The van der Waals surface area contributed by atoms with Gasteiger partial charge in [0.2, 0.25) is 0 Å². The van der Waals surface area contributed by atoms with E-state index in [2.05, 4.69) is 20.8 Å². The van der Waals surface area contributed by atoms with E-state index >= 15 is 0 Å². The maximum atomic E-state index is 14.9. The van der Waals surface area contributed by atoms with Gasteiger partial charge in [-0.15, -0.1) is 0 Å². The van der Waals surface area contributed by atoms with Crippen molar-refractivity contribution in [2.75, 3.05) is 6.61 Å². The van der Waals surface area contributed by atoms with Gasteiger partial charge >= 0.3 is 5.97 Å². The first kappa shape index (κ1) is 31.0. The molecule has 0 radical (unpaired) electrons. The Labute approximate surface area is 248 Å². The molecule has 1 heterocycles. The van der Waals surface area contributed by atoms with Gasteiger partial charge in [-0.05, 0) is 86.1 Å². The second-order valence-electron chi connectivity index (χ2n) is 11.2. The molecule has 4 aromatic rings. The lowest BCUT2D eigenvalue weighted by Crippen LogP contribution is -2.09. The minimum absolute atomic E-state index is 0.0766. The first-order valence-electron chi connectivity index (χ1n) is 15.1. The number of ketones is 1. The van der Waals surface area contributed by atoms with Gasteiger partial charge in [0.25, 0.3) is 0 Å². The molecular weight excluding hydrogens is 529 g/mol. The summed E-state index contributed by atoms with van der Waals surface area (Å²) in [6.45, 7) is 9.07. The third-order valence-electron chi connectivity index (χ3n) is 7.41. The van der Waals surface area contributed by atoms with Crippen LogP contribution in [0.2, 0.25) is 0 Å². The van der Waals surface area contributed by atoms with Gasteiger partial charge in [0.15, 0.2) is 5.78 Å². The van der Waals surface area contributed by atoms with E-state index in [1.807, 2.05) is 59.3 Å². The van der Waals surface area contributed by atoms with E-state index in [-0.39, 0.29) is 23.7 Å². The summed E-state index contributed by atoms with van der Waals surface area (Å²) >= 11 is 0. The van der Waals surface area contributed by atoms with Crippen molar-refractivity contribution in [1.82, 2.24) is 4.57 Å². The van der Waals surface area contributed by atoms with Gasteiger partial charge in [-0.1, -0.05) is 57.5 Å². The standard InChI is InChI=1S/C36H42FNO4/c1-5-7-13-34(28-16-15-27(22-25(3)4)32(37)23-28)42-29-19-17-26(18-20-29)36(40)31-24-38(21-10-14-35(39)41-6-2)33-12-9-8-11-30(31)33/h8-9,11-12,15-20,23-25,34H,5-7,10,13-14,21-22H2,1-4H3. The molecule has 0 aliphatic rings. The lowest BCUT2D eigenvalue weighted by molar-refractivity contribution is -0.143. The molecule has 6 heteroatoms. The second kappa shape index (κ2) is 14.8. The van der Waals surface area contributed by atoms with Crippen LogP contribution in [0.15, 0.2) is 72.9 Å². The van der Waals surface area contributed by atoms with Crippen LogP contribution in [-0.2, 0) is 22.5 Å². The van der Waals surface area contributed by atoms with Crippen molar-refractivity contribution in [3.63, 3.8) is 0 Å². The molecular formula is C36H42FNO4. The lowest BCUT2D eigenvalue weighted by atomic mass is 9.97. The number of carbonyl (C=O) groups excluding carboxylic acids is 2. The summed E-state index contributed by atoms with van der Waals surface area (Å²) in [4.78, 5) is 25.4. The Bertz CT molecular complexity index is 1490. The molecule has 222 valence electrons. The number of para-hydroxylation sites is 1. The monoisotopic (exact) mass is 571 g/mol. The van der Waals surface area contributed by atoms with E-state index in [1.54, 1.807) is 25.1 Å². The number of unbranched alkanes of at least 4 members (excludes halogenated alkanes) is 1. The van der Waals surface area contributed by atoms with Crippen LogP contribution in [-0.4, -0.2) is 22.9 Å². The van der Waals surface area contributed by atoms with Gasteiger partial charge in [-0.25, -0.2) is 4.39 Å². The summed E-state index contributed by atoms with van der Waals surface area (Å²) in [7, 11) is 0. The average molecular weight is 572 g/mol. The summed E-state index contributed by atoms with van der Waals surface area (Å²) < 4.78 is 28.3. The normalized spacial score (nSPS) is 12.0. The lowest BCUT2D eigenvalue weighted by Gasteiger charge is -2.20. The van der Waals surface area contributed by atoms with Gasteiger partial charge in [-0.2, -0.15) is 0 Å². The summed E-state index contributed by atoms with van der Waals surface area (Å²) in [6.07, 6.45) is 6.00. The molecule has 0 saturated heterocycles. The Hall–Kier alpha value is -3.93. The summed E-state index contributed by atoms with van der Waals surface area (Å²) in [6, 6.07) is 20.5. The zero-order valence-corrected chi connectivity index (χ0v) is 25.2. The van der Waals surface area contributed by atoms with Crippen molar-refractivity contribution in [3.8, 4) is 5.75 Å². The Morgan fingerprint density at radius 3 is 2.40 bits per heavy atom. The minimum atomic E-state index is -0.276. The Balaban J connectivity index is 1.50. The number of carbonyl (C=O) groups is 2. The third-order valence-corrected chi connectivity index (χ3v) is 7.41. The zero-order valence-electron chi connectivity index (χ0n) is 25.2. The van der Waals surface area contributed by atoms with Crippen molar-refractivity contribution < 1.29 is 23.5 Å². The number of nitrogens with zero attached hydrogens (tertiary/aromatic N) is 1. The molecule has 1 aromatic heterocycles. The zero-order chi connectivity index (χ0) is 30.1. The highest BCUT2D eigenvalue weighted by Gasteiger charge is 2.19. The minimum Gasteiger partial charge on any atom is -0.486 e. The van der Waals surface area contributed by atoms with E-state index in [9.17, 15) is 14.0 Å². The van der Waals surface area contributed by atoms with E-state index in [4.69, 9.17) is 9.47 Å². The summed E-state index contributed by atoms with van der Waals surface area (Å²) in [5.41, 5.74) is 3.69. The van der Waals surface area contributed by atoms with Crippen LogP contribution in [0.3, 0.4) is 0 Å². The number of halogens is 1. The highest BCUT2D eigenvalue weighted by molar-refractivity contribution is 6.16. The smallest absolute Gasteiger partial charge is 0.305 e. The van der Waals surface area contributed by atoms with Crippen LogP contribution >= 0.6 is 0 Å². The van der Waals surface area contributed by atoms with Gasteiger partial charge in [0.05, 0.1) is 6.61 Å². The van der Waals surface area contributed by atoms with Crippen molar-refractivity contribution in [2.24, 2.45) is 5.92 Å². The molecule has 0 fully saturated rings. The van der Waals surface area contributed by atoms with Crippen molar-refractivity contribution in [3.05, 3.63) is 101 Å². The van der Waals surface area contributed by atoms with E-state index in [0.29, 0.717) is 55.2 Å². The molecule has 0 N–H and O–H groups in total. The van der Waals surface area contributed by atoms with Gasteiger partial charge < -0.3 is 14.0 Å². The first-order chi connectivity index (χ1) is 20.3. The van der Waals surface area contributed by atoms with Crippen LogP contribution < -0.4 is 4.74 Å². The Kier molecular flexibility index (Phi) is 10.9. The van der Waals surface area contributed by atoms with Crippen molar-refractivity contribution >= 4 is 22.7 Å². The topological polar surface area (TPSA) is 57.5 Å². The maximum absolute atomic E-state index is 14.9. The summed E-state index contributed by atoms with van der Waals surface area (Å²) in [5.74, 6) is 0.546. The number of hydrogen-bond acceptors (Lipinski definition) is 4. The van der Waals surface area contributed by atoms with Gasteiger partial charge in [-0.3, -0.25) is 9.59 Å². The van der Waals surface area contributed by atoms with Gasteiger partial charge in [0.1, 0.15) is 17.7 Å². The highest BCUT2D eigenvalue weighted by Crippen LogP contribution is 2.30. The Morgan fingerprint density at radius 2 is 1.71 bits per heavy atom. The number of benzene rings is 3. The third kappa shape index (κ3) is 7.87. The number of ether oxygens (including phenoxy) is 2. The maximum Gasteiger partial charge on any atom is 0.305 e. The molecule has 0 bridgehead atoms. The number of esters is 1. The fraction of sp³-hybridized carbons (Fsp3) is 0.389. The summed E-state index contributed by atoms with van der Waals surface area (Å²) in [5, 5.41) is 0.876. The number of hydrogen-bond donors (Lipinski definition) is 0. The van der Waals surface area contributed by atoms with Gasteiger partial charge in [0, 0.05) is 41.2 Å². The van der Waals surface area contributed by atoms with E-state index in [1.165, 1.54) is 0 Å². The largest absolute Gasteiger partial charge is 0.486 e. The molecule has 42 heavy (non-hydrogen) atoms. The molecule has 0 saturated carbocycles. The number of aromatic nitrogens is 1. The predicted octanol–water partition coefficient (Wildman–Crippen LogP) is 8.86. The number of fused-ring (bicyclic) bond motifs is 1. The highest BCUT2D eigenvalue weighted by atomic mass is 19.1. The molecule has 0 aliphatic heterocycles. The first-order valence-corrected chi connectivity index (χ1v) is 15.1. The van der Waals surface area contributed by atoms with Crippen LogP contribution in [0.1, 0.15) is 93.0 Å². The average Bonchev–Trinajstić information content (AvgIpc) is 3.35. The van der Waals surface area contributed by atoms with Crippen LogP contribution in [0.25, 0.3) is 10.9 Å². The van der Waals surface area contributed by atoms with E-state index < -0.39 is 0 Å². The molecule has 0 aliphatic carbocycles. The molecule has 4 rings (SSSR count). The molecule has 1 unspecified atom stereocenters. The van der Waals surface area contributed by atoms with Crippen molar-refractivity contribution in [2.45, 2.75) is 78.9 Å². The predicted molar refractivity (Wildman–Crippen MR) is 166 cm³/mol. The molecule has 0 spiro atoms. The quantitative estimate of drug-likeness (QED) is 0.106. The molecule has 1 atom stereocenters. The Morgan fingerprint density at radius 1 is 0.952 bits per heavy atom. The van der Waals surface area contributed by atoms with E-state index in [0.717, 1.165) is 41.3 Å². The molecule has 3 aromatic carbocycles. The van der Waals surface area contributed by atoms with Crippen LogP contribution in [0.4, 0.5) is 4.39 Å². The molecule has 0 amide bonds.